The van der Waals surface area contributed by atoms with Crippen LogP contribution in [0.1, 0.15) is 5.56 Å². The fourth-order valence-corrected chi connectivity index (χ4v) is 7.87. The number of anilines is 1. The Hall–Kier alpha value is -1.46. The third-order valence-electron chi connectivity index (χ3n) is 4.64. The van der Waals surface area contributed by atoms with E-state index in [0.29, 0.717) is 10.7 Å². The molecule has 0 spiro atoms. The van der Waals surface area contributed by atoms with Crippen LogP contribution in [-0.2, 0) is 21.1 Å². The monoisotopic (exact) mass is 530 g/mol. The van der Waals surface area contributed by atoms with Crippen molar-refractivity contribution in [3.8, 4) is 0 Å². The zero-order chi connectivity index (χ0) is 19.9. The van der Waals surface area contributed by atoms with E-state index in [2.05, 4.69) is 27.6 Å². The molecule has 1 amide bonds. The molecular formula is C19H16FIN2O3S2. The minimum atomic E-state index is -3.10. The number of aliphatic imine (C=N–C) groups is 1. The van der Waals surface area contributed by atoms with Gasteiger partial charge in [0.25, 0.3) is 5.91 Å². The molecule has 0 unspecified atom stereocenters. The van der Waals surface area contributed by atoms with Gasteiger partial charge in [-0.1, -0.05) is 30.0 Å². The number of carbonyl (C=O) groups is 1. The number of amides is 1. The summed E-state index contributed by atoms with van der Waals surface area (Å²) in [5.41, 5.74) is 1.51. The van der Waals surface area contributed by atoms with Crippen LogP contribution in [0.4, 0.5) is 10.1 Å². The zero-order valence-electron chi connectivity index (χ0n) is 14.6. The normalized spacial score (nSPS) is 24.5. The smallest absolute Gasteiger partial charge is 0.252 e. The third-order valence-corrected chi connectivity index (χ3v) is 8.52. The van der Waals surface area contributed by atoms with Crippen molar-refractivity contribution in [3.05, 3.63) is 63.5 Å². The molecule has 0 N–H and O–H groups in total. The van der Waals surface area contributed by atoms with Crippen molar-refractivity contribution < 1.29 is 17.6 Å². The van der Waals surface area contributed by atoms with E-state index in [4.69, 9.17) is 0 Å². The molecule has 2 aromatic rings. The molecule has 0 aromatic heterocycles. The molecule has 0 radical (unpaired) electrons. The van der Waals surface area contributed by atoms with Crippen LogP contribution >= 0.6 is 34.4 Å². The van der Waals surface area contributed by atoms with Crippen LogP contribution in [0.5, 0.6) is 0 Å². The lowest BCUT2D eigenvalue weighted by Crippen LogP contribution is -2.37. The number of fused-ring (bicyclic) bond motifs is 1. The molecule has 28 heavy (non-hydrogen) atoms. The van der Waals surface area contributed by atoms with Gasteiger partial charge in [0.15, 0.2) is 15.0 Å². The number of benzene rings is 2. The van der Waals surface area contributed by atoms with E-state index < -0.39 is 9.84 Å². The van der Waals surface area contributed by atoms with Crippen molar-refractivity contribution in [2.24, 2.45) is 4.99 Å². The van der Waals surface area contributed by atoms with Gasteiger partial charge in [0.2, 0.25) is 0 Å². The summed E-state index contributed by atoms with van der Waals surface area (Å²) in [5.74, 6) is -0.546. The molecule has 2 saturated heterocycles. The number of hydrogen-bond acceptors (Lipinski definition) is 4. The van der Waals surface area contributed by atoms with E-state index in [1.54, 1.807) is 12.1 Å². The second-order valence-electron chi connectivity index (χ2n) is 6.74. The summed E-state index contributed by atoms with van der Waals surface area (Å²) < 4.78 is 38.3. The summed E-state index contributed by atoms with van der Waals surface area (Å²) in [6.07, 6.45) is 0.0676. The summed E-state index contributed by atoms with van der Waals surface area (Å²) in [5, 5.41) is 0.388. The zero-order valence-corrected chi connectivity index (χ0v) is 18.4. The Bertz CT molecular complexity index is 1060. The van der Waals surface area contributed by atoms with Crippen molar-refractivity contribution >= 4 is 61.0 Å². The minimum absolute atomic E-state index is 0.0569. The fourth-order valence-electron chi connectivity index (χ4n) is 3.42. The Kier molecular flexibility index (Phi) is 5.49. The molecule has 0 aliphatic carbocycles. The number of carbonyl (C=O) groups excluding carboxylic acids is 1. The molecule has 5 nitrogen and oxygen atoms in total. The highest BCUT2D eigenvalue weighted by Gasteiger charge is 2.49. The Morgan fingerprint density at radius 2 is 1.96 bits per heavy atom. The SMILES string of the molecule is O=C(Cc1ccc(F)cc1)N=C1S[C@@H]2CS(=O)(=O)C[C@@H]2N1c1cccc(I)c1. The number of nitrogens with zero attached hydrogens (tertiary/aromatic N) is 2. The van der Waals surface area contributed by atoms with E-state index >= 15 is 0 Å². The van der Waals surface area contributed by atoms with E-state index in [9.17, 15) is 17.6 Å². The Morgan fingerprint density at radius 1 is 1.21 bits per heavy atom. The van der Waals surface area contributed by atoms with Gasteiger partial charge in [0.1, 0.15) is 5.82 Å². The maximum absolute atomic E-state index is 13.0. The van der Waals surface area contributed by atoms with E-state index in [1.807, 2.05) is 29.2 Å². The lowest BCUT2D eigenvalue weighted by Gasteiger charge is -2.24. The molecule has 0 saturated carbocycles. The largest absolute Gasteiger partial charge is 0.316 e. The van der Waals surface area contributed by atoms with Gasteiger partial charge in [0.05, 0.1) is 24.0 Å². The van der Waals surface area contributed by atoms with Crippen molar-refractivity contribution in [2.45, 2.75) is 17.7 Å². The Balaban J connectivity index is 1.63. The Morgan fingerprint density at radius 3 is 2.68 bits per heavy atom. The van der Waals surface area contributed by atoms with Gasteiger partial charge < -0.3 is 4.90 Å². The van der Waals surface area contributed by atoms with E-state index in [-0.39, 0.29) is 40.9 Å². The molecule has 2 heterocycles. The Labute approximate surface area is 180 Å². The summed E-state index contributed by atoms with van der Waals surface area (Å²) in [4.78, 5) is 18.7. The van der Waals surface area contributed by atoms with Crippen LogP contribution in [-0.4, -0.2) is 42.3 Å². The van der Waals surface area contributed by atoms with Crippen LogP contribution in [0, 0.1) is 9.39 Å². The van der Waals surface area contributed by atoms with Crippen LogP contribution in [0.2, 0.25) is 0 Å². The van der Waals surface area contributed by atoms with Crippen LogP contribution in [0.3, 0.4) is 0 Å². The summed E-state index contributed by atoms with van der Waals surface area (Å²) >= 11 is 3.55. The van der Waals surface area contributed by atoms with Crippen molar-refractivity contribution in [2.75, 3.05) is 16.4 Å². The predicted molar refractivity (Wildman–Crippen MR) is 118 cm³/mol. The molecule has 4 rings (SSSR count). The number of thioether (sulfide) groups is 1. The maximum Gasteiger partial charge on any atom is 0.252 e. The molecule has 2 atom stereocenters. The van der Waals surface area contributed by atoms with Crippen molar-refractivity contribution in [3.63, 3.8) is 0 Å². The lowest BCUT2D eigenvalue weighted by atomic mass is 10.1. The third kappa shape index (κ3) is 4.25. The molecule has 9 heteroatoms. The van der Waals surface area contributed by atoms with Crippen molar-refractivity contribution in [1.29, 1.82) is 0 Å². The summed E-state index contributed by atoms with van der Waals surface area (Å²) in [7, 11) is -3.10. The molecule has 2 fully saturated rings. The first-order valence-corrected chi connectivity index (χ1v) is 12.4. The maximum atomic E-state index is 13.0. The number of rotatable bonds is 3. The summed E-state index contributed by atoms with van der Waals surface area (Å²) in [6.45, 7) is 0. The number of hydrogen-bond donors (Lipinski definition) is 0. The van der Waals surface area contributed by atoms with Gasteiger partial charge in [-0.2, -0.15) is 4.99 Å². The predicted octanol–water partition coefficient (Wildman–Crippen LogP) is 3.27. The highest BCUT2D eigenvalue weighted by Crippen LogP contribution is 2.41. The first-order chi connectivity index (χ1) is 13.3. The highest BCUT2D eigenvalue weighted by molar-refractivity contribution is 14.1. The minimum Gasteiger partial charge on any atom is -0.316 e. The number of amidine groups is 1. The topological polar surface area (TPSA) is 66.8 Å². The van der Waals surface area contributed by atoms with Crippen LogP contribution in [0.25, 0.3) is 0 Å². The average Bonchev–Trinajstić information content (AvgIpc) is 3.07. The lowest BCUT2D eigenvalue weighted by molar-refractivity contribution is -0.117. The molecular weight excluding hydrogens is 514 g/mol. The highest BCUT2D eigenvalue weighted by atomic mass is 127. The second kappa shape index (κ2) is 7.75. The average molecular weight is 530 g/mol. The first-order valence-electron chi connectivity index (χ1n) is 8.58. The first kappa shape index (κ1) is 19.8. The van der Waals surface area contributed by atoms with Gasteiger partial charge in [0, 0.05) is 14.5 Å². The van der Waals surface area contributed by atoms with Crippen LogP contribution < -0.4 is 4.90 Å². The number of sulfone groups is 1. The quantitative estimate of drug-likeness (QED) is 0.571. The molecule has 2 aliphatic heterocycles. The molecule has 0 bridgehead atoms. The molecule has 146 valence electrons. The van der Waals surface area contributed by atoms with Crippen molar-refractivity contribution in [1.82, 2.24) is 0 Å². The summed E-state index contributed by atoms with van der Waals surface area (Å²) in [6, 6.07) is 13.2. The fraction of sp³-hybridized carbons (Fsp3) is 0.263. The number of halogens is 2. The van der Waals surface area contributed by atoms with Gasteiger partial charge >= 0.3 is 0 Å². The van der Waals surface area contributed by atoms with Crippen LogP contribution in [0.15, 0.2) is 53.5 Å². The van der Waals surface area contributed by atoms with Gasteiger partial charge in [-0.3, -0.25) is 4.79 Å². The van der Waals surface area contributed by atoms with E-state index in [0.717, 1.165) is 9.26 Å². The second-order valence-corrected chi connectivity index (χ2v) is 11.3. The van der Waals surface area contributed by atoms with Gasteiger partial charge in [-0.25, -0.2) is 12.8 Å². The molecule has 2 aromatic carbocycles. The van der Waals surface area contributed by atoms with Gasteiger partial charge in [-0.15, -0.1) is 0 Å². The molecule has 2 aliphatic rings. The van der Waals surface area contributed by atoms with E-state index in [1.165, 1.54) is 23.9 Å². The standard InChI is InChI=1S/C19H16FIN2O3S2/c20-13-6-4-12(5-7-13)8-18(24)22-19-23(15-3-1-2-14(21)9-15)16-10-28(25,26)11-17(16)27-19/h1-7,9,16-17H,8,10-11H2/t16-,17+/m0/s1. The van der Waals surface area contributed by atoms with Gasteiger partial charge in [-0.05, 0) is 58.5 Å².